The van der Waals surface area contributed by atoms with E-state index < -0.39 is 195 Å². The van der Waals surface area contributed by atoms with Crippen molar-refractivity contribution in [2.75, 3.05) is 0 Å². The van der Waals surface area contributed by atoms with Gasteiger partial charge in [0.05, 0.1) is 44.5 Å². The zero-order chi connectivity index (χ0) is 57.0. The number of benzene rings is 6. The maximum atomic E-state index is 14.2. The highest BCUT2D eigenvalue weighted by atomic mass is 19.4. The molecule has 26 heteroatoms. The van der Waals surface area contributed by atoms with Gasteiger partial charge in [-0.15, -0.1) is 0 Å². The van der Waals surface area contributed by atoms with E-state index >= 15 is 0 Å². The number of hydrogen-bond donors (Lipinski definition) is 0. The maximum Gasteiger partial charge on any atom is 0.416 e. The molecule has 0 spiro atoms. The number of nitrogens with zero attached hydrogens (tertiary/aromatic N) is 1. The van der Waals surface area contributed by atoms with Gasteiger partial charge in [-0.1, -0.05) is 97.9 Å². The van der Waals surface area contributed by atoms with Crippen molar-refractivity contribution in [3.8, 4) is 0 Å². The Labute approximate surface area is 412 Å². The fraction of sp³-hybridized carbons (Fsp3) is 0.220. The molecule has 0 aliphatic heterocycles. The molecule has 0 unspecified atom stereocenters. The van der Waals surface area contributed by atoms with Crippen LogP contribution in [0.1, 0.15) is 62.6 Å². The largest absolute Gasteiger partial charge is 0.416 e. The van der Waals surface area contributed by atoms with Gasteiger partial charge in [-0.25, -0.2) is 4.57 Å². The first kappa shape index (κ1) is 58.4. The van der Waals surface area contributed by atoms with Crippen LogP contribution in [-0.2, 0) is 62.4 Å². The standard InChI is InChI=1S/C32H12BF24.C18H18N/c34-25(35,36)13-1-14(26(37,38)39)6-21(5-13)33(22-7-15(27(40,41)42)2-16(8-22)28(43,44)45,23-9-17(29(46,47)48)3-18(10-23)30(49,50)51)24-11-19(31(52,53)54)4-20(12-24)32(55,56)57;1-2-15-7-9-16(10-8-15)13-19-12-11-17-5-3-4-6-18(17)14-19/h1-12H;3-12,14H,2,13H2,1H3/q-1;+1. The van der Waals surface area contributed by atoms with Gasteiger partial charge in [0.2, 0.25) is 0 Å². The molecule has 0 amide bonds. The van der Waals surface area contributed by atoms with Gasteiger partial charge in [0, 0.05) is 17.0 Å². The smallest absolute Gasteiger partial charge is 0.200 e. The third-order valence-electron chi connectivity index (χ3n) is 12.0. The lowest BCUT2D eigenvalue weighted by Gasteiger charge is -2.46. The summed E-state index contributed by atoms with van der Waals surface area (Å²) in [6.45, 7) is 3.11. The highest BCUT2D eigenvalue weighted by molar-refractivity contribution is 7.20. The Hall–Kier alpha value is -6.89. The van der Waals surface area contributed by atoms with Crippen molar-refractivity contribution >= 4 is 38.8 Å². The van der Waals surface area contributed by atoms with Gasteiger partial charge in [0.15, 0.2) is 18.9 Å². The number of pyridine rings is 1. The summed E-state index contributed by atoms with van der Waals surface area (Å²) in [5.74, 6) is 0. The molecule has 6 aromatic carbocycles. The summed E-state index contributed by atoms with van der Waals surface area (Å²) in [6.07, 6.45) is -49.3. The fourth-order valence-electron chi connectivity index (χ4n) is 8.44. The Bertz CT molecular complexity index is 2770. The third kappa shape index (κ3) is 13.2. The van der Waals surface area contributed by atoms with Crippen molar-refractivity contribution in [3.05, 3.63) is 195 Å². The molecule has 0 aliphatic rings. The van der Waals surface area contributed by atoms with Crippen molar-refractivity contribution in [2.24, 2.45) is 0 Å². The SMILES string of the molecule is CCc1ccc(C[n+]2ccc3ccccc3c2)cc1.FC(F)(F)c1cc([B-](c2cc(C(F)(F)F)cc(C(F)(F)F)c2)(c2cc(C(F)(F)F)cc(C(F)(F)F)c2)c2cc(C(F)(F)F)cc(C(F)(F)F)c2)cc(C(F)(F)F)c1. The van der Waals surface area contributed by atoms with Crippen LogP contribution in [0.25, 0.3) is 10.8 Å². The minimum Gasteiger partial charge on any atom is -0.200 e. The first-order chi connectivity index (χ1) is 34.6. The predicted molar refractivity (Wildman–Crippen MR) is 229 cm³/mol. The molecule has 0 aliphatic carbocycles. The summed E-state index contributed by atoms with van der Waals surface area (Å²) in [5.41, 5.74) is -27.5. The number of halogens is 24. The third-order valence-corrected chi connectivity index (χ3v) is 12.0. The van der Waals surface area contributed by atoms with Gasteiger partial charge in [-0.3, -0.25) is 0 Å². The summed E-state index contributed by atoms with van der Waals surface area (Å²) in [5, 5.41) is 2.58. The molecule has 7 aromatic rings. The number of aryl methyl sites for hydroxylation is 1. The summed E-state index contributed by atoms with van der Waals surface area (Å²) in [6, 6.07) is 10.7. The van der Waals surface area contributed by atoms with Crippen LogP contribution in [0.4, 0.5) is 105 Å². The normalized spacial score (nSPS) is 13.4. The van der Waals surface area contributed by atoms with E-state index in [2.05, 4.69) is 78.5 Å². The molecule has 0 atom stereocenters. The maximum absolute atomic E-state index is 14.2. The number of hydrogen-bond acceptors (Lipinski definition) is 0. The van der Waals surface area contributed by atoms with E-state index in [1.54, 1.807) is 0 Å². The molecule has 0 N–H and O–H groups in total. The van der Waals surface area contributed by atoms with Crippen LogP contribution >= 0.6 is 0 Å². The molecule has 0 saturated carbocycles. The number of aromatic nitrogens is 1. The molecular formula is C50H30BF24N. The van der Waals surface area contributed by atoms with Crippen LogP contribution in [-0.4, -0.2) is 6.15 Å². The molecule has 0 bridgehead atoms. The van der Waals surface area contributed by atoms with Crippen molar-refractivity contribution in [3.63, 3.8) is 0 Å². The monoisotopic (exact) mass is 1110 g/mol. The first-order valence-electron chi connectivity index (χ1n) is 21.4. The van der Waals surface area contributed by atoms with E-state index in [1.165, 1.54) is 21.9 Å². The minimum absolute atomic E-state index is 0.691. The van der Waals surface area contributed by atoms with Gasteiger partial charge < -0.3 is 0 Å². The molecule has 1 nitrogen and oxygen atoms in total. The fourth-order valence-corrected chi connectivity index (χ4v) is 8.44. The lowest BCUT2D eigenvalue weighted by atomic mass is 9.12. The van der Waals surface area contributed by atoms with Crippen LogP contribution in [0.15, 0.2) is 140 Å². The van der Waals surface area contributed by atoms with Crippen molar-refractivity contribution < 1.29 is 110 Å². The number of alkyl halides is 24. The predicted octanol–water partition coefficient (Wildman–Crippen LogP) is 15.0. The Morgan fingerprint density at radius 2 is 0.566 bits per heavy atom. The van der Waals surface area contributed by atoms with E-state index in [9.17, 15) is 105 Å². The number of rotatable bonds is 7. The topological polar surface area (TPSA) is 3.88 Å². The van der Waals surface area contributed by atoms with Gasteiger partial charge in [0.25, 0.3) is 0 Å². The van der Waals surface area contributed by atoms with Crippen LogP contribution in [0.2, 0.25) is 0 Å². The second-order valence-corrected chi connectivity index (χ2v) is 17.1. The molecular weight excluding hydrogens is 1080 g/mol. The Morgan fingerprint density at radius 1 is 0.316 bits per heavy atom. The van der Waals surface area contributed by atoms with Crippen molar-refractivity contribution in [1.82, 2.24) is 0 Å². The van der Waals surface area contributed by atoms with Gasteiger partial charge in [-0.2, -0.15) is 127 Å². The summed E-state index contributed by atoms with van der Waals surface area (Å²) in [4.78, 5) is 0. The highest BCUT2D eigenvalue weighted by Crippen LogP contribution is 2.41. The second kappa shape index (κ2) is 20.2. The van der Waals surface area contributed by atoms with Gasteiger partial charge in [0.1, 0.15) is 6.15 Å². The Balaban J connectivity index is 0.000000408. The molecule has 0 saturated heterocycles. The highest BCUT2D eigenvalue weighted by Gasteiger charge is 2.47. The molecule has 7 rings (SSSR count). The lowest BCUT2D eigenvalue weighted by molar-refractivity contribution is -0.687. The van der Waals surface area contributed by atoms with Crippen LogP contribution in [0.5, 0.6) is 0 Å². The van der Waals surface area contributed by atoms with Gasteiger partial charge in [-0.05, 0) is 47.7 Å². The van der Waals surface area contributed by atoms with Crippen LogP contribution in [0, 0.1) is 0 Å². The van der Waals surface area contributed by atoms with Gasteiger partial charge >= 0.3 is 49.4 Å². The quantitative estimate of drug-likeness (QED) is 0.0851. The van der Waals surface area contributed by atoms with E-state index in [4.69, 9.17) is 0 Å². The Morgan fingerprint density at radius 3 is 0.816 bits per heavy atom. The first-order valence-corrected chi connectivity index (χ1v) is 21.4. The second-order valence-electron chi connectivity index (χ2n) is 17.1. The van der Waals surface area contributed by atoms with Crippen LogP contribution < -0.4 is 26.4 Å². The summed E-state index contributed by atoms with van der Waals surface area (Å²) < 4.78 is 343. The van der Waals surface area contributed by atoms with Crippen LogP contribution in [0.3, 0.4) is 0 Å². The van der Waals surface area contributed by atoms with Crippen molar-refractivity contribution in [2.45, 2.75) is 69.3 Å². The zero-order valence-corrected chi connectivity index (χ0v) is 37.8. The molecule has 0 radical (unpaired) electrons. The molecule has 1 heterocycles. The molecule has 1 aromatic heterocycles. The van der Waals surface area contributed by atoms with E-state index in [0.29, 0.717) is 0 Å². The molecule has 76 heavy (non-hydrogen) atoms. The summed E-state index contributed by atoms with van der Waals surface area (Å²) >= 11 is 0. The zero-order valence-electron chi connectivity index (χ0n) is 37.8. The summed E-state index contributed by atoms with van der Waals surface area (Å²) in [7, 11) is 0. The van der Waals surface area contributed by atoms with Crippen molar-refractivity contribution in [1.29, 1.82) is 0 Å². The van der Waals surface area contributed by atoms with E-state index in [-0.39, 0.29) is 0 Å². The Kier molecular flexibility index (Phi) is 15.5. The minimum atomic E-state index is -6.13. The molecule has 0 fully saturated rings. The molecule has 406 valence electrons. The van der Waals surface area contributed by atoms with E-state index in [0.717, 1.165) is 13.0 Å². The van der Waals surface area contributed by atoms with E-state index in [1.807, 2.05) is 0 Å². The number of fused-ring (bicyclic) bond motifs is 1. The average Bonchev–Trinajstić information content (AvgIpc) is 3.29. The lowest BCUT2D eigenvalue weighted by Crippen LogP contribution is -2.75. The average molecular weight is 1110 g/mol.